The fourth-order valence-corrected chi connectivity index (χ4v) is 2.56. The van der Waals surface area contributed by atoms with Crippen LogP contribution in [-0.4, -0.2) is 28.0 Å². The third kappa shape index (κ3) is 5.08. The molecule has 0 fully saturated rings. The maximum Gasteiger partial charge on any atom is 0.254 e. The molecule has 1 unspecified atom stereocenters. The maximum absolute atomic E-state index is 11.5. The predicted octanol–water partition coefficient (Wildman–Crippen LogP) is 3.19. The second-order valence-corrected chi connectivity index (χ2v) is 5.48. The molecule has 20 heavy (non-hydrogen) atoms. The van der Waals surface area contributed by atoms with Crippen molar-refractivity contribution >= 4 is 28.7 Å². The minimum absolute atomic E-state index is 0.447. The van der Waals surface area contributed by atoms with Gasteiger partial charge in [-0.25, -0.2) is 0 Å². The van der Waals surface area contributed by atoms with Crippen LogP contribution in [0.1, 0.15) is 58.3 Å². The van der Waals surface area contributed by atoms with E-state index in [1.807, 2.05) is 0 Å². The average Bonchev–Trinajstić information content (AvgIpc) is 2.73. The molecule has 112 valence electrons. The van der Waals surface area contributed by atoms with Gasteiger partial charge in [0.15, 0.2) is 0 Å². The molecule has 0 aromatic heterocycles. The summed E-state index contributed by atoms with van der Waals surface area (Å²) in [5, 5.41) is -0.638. The highest BCUT2D eigenvalue weighted by Crippen LogP contribution is 2.18. The molecule has 4 nitrogen and oxygen atoms in total. The lowest BCUT2D eigenvalue weighted by Crippen LogP contribution is -2.43. The zero-order valence-electron chi connectivity index (χ0n) is 11.9. The number of unbranched alkanes of at least 4 members (excludes halogenated alkanes) is 6. The quantitative estimate of drug-likeness (QED) is 0.354. The van der Waals surface area contributed by atoms with Gasteiger partial charge in [0.25, 0.3) is 11.8 Å². The summed E-state index contributed by atoms with van der Waals surface area (Å²) in [6.45, 7) is 2.18. The summed E-state index contributed by atoms with van der Waals surface area (Å²) in [4.78, 5) is 35.5. The molecule has 0 aromatic rings. The highest BCUT2D eigenvalue weighted by molar-refractivity contribution is 6.65. The molecule has 2 amide bonds. The summed E-state index contributed by atoms with van der Waals surface area (Å²) in [5.41, 5.74) is 0. The average molecular weight is 300 g/mol. The number of nitrogens with zero attached hydrogens (tertiary/aromatic N) is 1. The van der Waals surface area contributed by atoms with Gasteiger partial charge >= 0.3 is 0 Å². The Bertz CT molecular complexity index is 375. The van der Waals surface area contributed by atoms with Crippen molar-refractivity contribution in [2.24, 2.45) is 0 Å². The molecule has 1 aliphatic rings. The van der Waals surface area contributed by atoms with Crippen molar-refractivity contribution < 1.29 is 14.4 Å². The molecule has 0 spiro atoms. The van der Waals surface area contributed by atoms with E-state index < -0.39 is 23.1 Å². The summed E-state index contributed by atoms with van der Waals surface area (Å²) in [5.74, 6) is -0.895. The summed E-state index contributed by atoms with van der Waals surface area (Å²) in [6, 6.07) is -0.817. The second kappa shape index (κ2) is 8.90. The van der Waals surface area contributed by atoms with Crippen molar-refractivity contribution in [2.75, 3.05) is 0 Å². The van der Waals surface area contributed by atoms with Crippen molar-refractivity contribution in [3.63, 3.8) is 0 Å². The van der Waals surface area contributed by atoms with E-state index in [1.165, 1.54) is 37.8 Å². The highest BCUT2D eigenvalue weighted by atomic mass is 35.5. The first kappa shape index (κ1) is 16.9. The van der Waals surface area contributed by atoms with Crippen LogP contribution in [0.4, 0.5) is 0 Å². The van der Waals surface area contributed by atoms with Gasteiger partial charge in [0.1, 0.15) is 6.04 Å². The van der Waals surface area contributed by atoms with Crippen LogP contribution >= 0.6 is 11.6 Å². The molecular weight excluding hydrogens is 278 g/mol. The van der Waals surface area contributed by atoms with Crippen molar-refractivity contribution in [3.05, 3.63) is 12.2 Å². The molecular formula is C15H22ClNO3. The number of carbonyl (C=O) groups excluding carboxylic acids is 3. The van der Waals surface area contributed by atoms with Crippen LogP contribution < -0.4 is 0 Å². The van der Waals surface area contributed by atoms with Gasteiger partial charge in [0, 0.05) is 12.2 Å². The van der Waals surface area contributed by atoms with E-state index in [0.29, 0.717) is 6.42 Å². The first-order valence-electron chi connectivity index (χ1n) is 7.32. The lowest BCUT2D eigenvalue weighted by Gasteiger charge is -2.22. The van der Waals surface area contributed by atoms with E-state index >= 15 is 0 Å². The van der Waals surface area contributed by atoms with E-state index in [-0.39, 0.29) is 0 Å². The Morgan fingerprint density at radius 2 is 1.55 bits per heavy atom. The standard InChI is InChI=1S/C15H22ClNO3/c1-2-3-4-5-6-7-8-9-12(15(16)20)17-13(18)10-11-14(17)19/h10-12H,2-9H2,1H3. The molecule has 0 radical (unpaired) electrons. The number of hydrogen-bond acceptors (Lipinski definition) is 3. The number of hydrogen-bond donors (Lipinski definition) is 0. The molecule has 1 rings (SSSR count). The van der Waals surface area contributed by atoms with Gasteiger partial charge in [0.2, 0.25) is 5.24 Å². The molecule has 0 aromatic carbocycles. The largest absolute Gasteiger partial charge is 0.279 e. The lowest BCUT2D eigenvalue weighted by atomic mass is 10.0. The Morgan fingerprint density at radius 3 is 2.05 bits per heavy atom. The summed E-state index contributed by atoms with van der Waals surface area (Å²) in [6.07, 6.45) is 10.6. The number of halogens is 1. The fraction of sp³-hybridized carbons (Fsp3) is 0.667. The van der Waals surface area contributed by atoms with E-state index in [4.69, 9.17) is 11.6 Å². The summed E-state index contributed by atoms with van der Waals surface area (Å²) in [7, 11) is 0. The van der Waals surface area contributed by atoms with Crippen molar-refractivity contribution in [3.8, 4) is 0 Å². The number of carbonyl (C=O) groups is 3. The van der Waals surface area contributed by atoms with E-state index in [9.17, 15) is 14.4 Å². The summed E-state index contributed by atoms with van der Waals surface area (Å²) < 4.78 is 0. The minimum Gasteiger partial charge on any atom is -0.279 e. The molecule has 1 atom stereocenters. The first-order chi connectivity index (χ1) is 9.57. The van der Waals surface area contributed by atoms with E-state index in [0.717, 1.165) is 24.2 Å². The normalized spacial score (nSPS) is 16.0. The van der Waals surface area contributed by atoms with Gasteiger partial charge in [-0.1, -0.05) is 51.9 Å². The van der Waals surface area contributed by atoms with Gasteiger partial charge in [-0.3, -0.25) is 19.3 Å². The number of imide groups is 1. The van der Waals surface area contributed by atoms with Crippen LogP contribution in [-0.2, 0) is 14.4 Å². The highest BCUT2D eigenvalue weighted by Gasteiger charge is 2.34. The van der Waals surface area contributed by atoms with Crippen LogP contribution in [0.25, 0.3) is 0 Å². The van der Waals surface area contributed by atoms with E-state index in [2.05, 4.69) is 6.92 Å². The molecule has 1 heterocycles. The van der Waals surface area contributed by atoms with Crippen molar-refractivity contribution in [2.45, 2.75) is 64.3 Å². The van der Waals surface area contributed by atoms with Gasteiger partial charge in [-0.15, -0.1) is 0 Å². The maximum atomic E-state index is 11.5. The van der Waals surface area contributed by atoms with Gasteiger partial charge < -0.3 is 0 Å². The van der Waals surface area contributed by atoms with Crippen molar-refractivity contribution in [1.29, 1.82) is 0 Å². The zero-order chi connectivity index (χ0) is 15.0. The van der Waals surface area contributed by atoms with Gasteiger partial charge in [-0.05, 0) is 18.0 Å². The van der Waals surface area contributed by atoms with E-state index in [1.54, 1.807) is 0 Å². The molecule has 1 aliphatic heterocycles. The van der Waals surface area contributed by atoms with Crippen LogP contribution in [0.5, 0.6) is 0 Å². The van der Waals surface area contributed by atoms with Crippen LogP contribution in [0.3, 0.4) is 0 Å². The first-order valence-corrected chi connectivity index (χ1v) is 7.70. The Balaban J connectivity index is 2.32. The third-order valence-electron chi connectivity index (χ3n) is 3.50. The molecule has 0 aliphatic carbocycles. The molecule has 5 heteroatoms. The zero-order valence-corrected chi connectivity index (χ0v) is 12.7. The van der Waals surface area contributed by atoms with Crippen LogP contribution in [0.15, 0.2) is 12.2 Å². The fourth-order valence-electron chi connectivity index (χ4n) is 2.36. The minimum atomic E-state index is -0.817. The van der Waals surface area contributed by atoms with Gasteiger partial charge in [-0.2, -0.15) is 0 Å². The predicted molar refractivity (Wildman–Crippen MR) is 78.3 cm³/mol. The van der Waals surface area contributed by atoms with Crippen molar-refractivity contribution in [1.82, 2.24) is 4.90 Å². The SMILES string of the molecule is CCCCCCCCCC(C(=O)Cl)N1C(=O)C=CC1=O. The Labute approximate surface area is 125 Å². The Morgan fingerprint density at radius 1 is 1.05 bits per heavy atom. The lowest BCUT2D eigenvalue weighted by molar-refractivity contribution is -0.143. The second-order valence-electron chi connectivity index (χ2n) is 5.11. The monoisotopic (exact) mass is 299 g/mol. The smallest absolute Gasteiger partial charge is 0.254 e. The third-order valence-corrected chi connectivity index (χ3v) is 3.75. The molecule has 0 bridgehead atoms. The van der Waals surface area contributed by atoms with Crippen LogP contribution in [0, 0.1) is 0 Å². The summed E-state index contributed by atoms with van der Waals surface area (Å²) >= 11 is 5.52. The Kier molecular flexibility index (Phi) is 7.52. The topological polar surface area (TPSA) is 54.5 Å². The molecule has 0 N–H and O–H groups in total. The Hall–Kier alpha value is -1.16. The van der Waals surface area contributed by atoms with Gasteiger partial charge in [0.05, 0.1) is 0 Å². The molecule has 0 saturated carbocycles. The number of rotatable bonds is 10. The van der Waals surface area contributed by atoms with Crippen LogP contribution in [0.2, 0.25) is 0 Å². The number of amides is 2. The molecule has 0 saturated heterocycles.